The maximum atomic E-state index is 13.8. The first-order chi connectivity index (χ1) is 19.3. The Bertz CT molecular complexity index is 1300. The van der Waals surface area contributed by atoms with Gasteiger partial charge in [0.1, 0.15) is 23.3 Å². The van der Waals surface area contributed by atoms with Gasteiger partial charge in [-0.3, -0.25) is 4.79 Å². The Morgan fingerprint density at radius 2 is 1.83 bits per heavy atom. The number of aliphatic hydroxyl groups is 1. The number of halogens is 3. The number of fused-ring (bicyclic) bond motifs is 6. The summed E-state index contributed by atoms with van der Waals surface area (Å²) in [6, 6.07) is 3.84. The van der Waals surface area contributed by atoms with Crippen molar-refractivity contribution >= 4 is 16.8 Å². The number of carbonyl (C=O) groups is 1. The van der Waals surface area contributed by atoms with Crippen molar-refractivity contribution in [3.05, 3.63) is 18.2 Å². The van der Waals surface area contributed by atoms with E-state index in [4.69, 9.17) is 4.74 Å². The Kier molecular flexibility index (Phi) is 7.20. The zero-order chi connectivity index (χ0) is 29.2. The molecule has 4 fully saturated rings. The maximum Gasteiger partial charge on any atom is 0.573 e. The van der Waals surface area contributed by atoms with Crippen LogP contribution in [-0.2, 0) is 16.1 Å². The van der Waals surface area contributed by atoms with E-state index in [1.54, 1.807) is 7.11 Å². The van der Waals surface area contributed by atoms with E-state index in [-0.39, 0.29) is 40.3 Å². The van der Waals surface area contributed by atoms with Crippen LogP contribution < -0.4 is 4.74 Å². The minimum atomic E-state index is -4.79. The second kappa shape index (κ2) is 10.2. The summed E-state index contributed by atoms with van der Waals surface area (Å²) in [7, 11) is 1.78. The second-order valence-electron chi connectivity index (χ2n) is 13.9. The SMILES string of the molecule is COCC[C@]12CC[C@@](C)(O)C[C@H]1CC[C@H]1[C@@H]3CC[C@H](C(=O)Cn4nc5ccc(OC(F)(F)F)cc5n4)[C@@]3(C)CC[C@@H]12. The molecular formula is C31H42F3N3O4. The van der Waals surface area contributed by atoms with E-state index < -0.39 is 12.0 Å². The van der Waals surface area contributed by atoms with Crippen LogP contribution in [0.1, 0.15) is 78.1 Å². The minimum absolute atomic E-state index is 0.0140. The molecule has 4 aliphatic carbocycles. The minimum Gasteiger partial charge on any atom is -0.406 e. The van der Waals surface area contributed by atoms with E-state index in [1.165, 1.54) is 23.0 Å². The molecule has 0 saturated heterocycles. The number of Topliss-reactive ketones (excluding diaryl/α,β-unsaturated/α-hetero) is 1. The smallest absolute Gasteiger partial charge is 0.406 e. The Balaban J connectivity index is 1.19. The van der Waals surface area contributed by atoms with Crippen LogP contribution in [0.25, 0.3) is 11.0 Å². The van der Waals surface area contributed by atoms with Crippen molar-refractivity contribution in [2.24, 2.45) is 40.4 Å². The van der Waals surface area contributed by atoms with Crippen LogP contribution in [0.5, 0.6) is 5.75 Å². The number of nitrogens with zero attached hydrogens (tertiary/aromatic N) is 3. The lowest BCUT2D eigenvalue weighted by atomic mass is 9.42. The lowest BCUT2D eigenvalue weighted by molar-refractivity contribution is -0.274. The van der Waals surface area contributed by atoms with E-state index in [0.29, 0.717) is 29.2 Å². The normalized spacial score (nSPS) is 38.8. The van der Waals surface area contributed by atoms with Crippen LogP contribution in [0.2, 0.25) is 0 Å². The van der Waals surface area contributed by atoms with Gasteiger partial charge >= 0.3 is 6.36 Å². The van der Waals surface area contributed by atoms with Crippen LogP contribution in [-0.4, -0.2) is 51.6 Å². The lowest BCUT2D eigenvalue weighted by Gasteiger charge is -2.63. The third-order valence-electron chi connectivity index (χ3n) is 11.7. The second-order valence-corrected chi connectivity index (χ2v) is 13.9. The van der Waals surface area contributed by atoms with Gasteiger partial charge in [0.15, 0.2) is 5.78 Å². The molecule has 10 heteroatoms. The fourth-order valence-electron chi connectivity index (χ4n) is 10.0. The quantitative estimate of drug-likeness (QED) is 0.414. The number of hydrogen-bond acceptors (Lipinski definition) is 6. The highest BCUT2D eigenvalue weighted by atomic mass is 19.4. The van der Waals surface area contributed by atoms with Gasteiger partial charge in [-0.15, -0.1) is 13.2 Å². The number of ether oxygens (including phenoxy) is 2. The van der Waals surface area contributed by atoms with Crippen molar-refractivity contribution in [3.63, 3.8) is 0 Å². The van der Waals surface area contributed by atoms with Crippen molar-refractivity contribution in [2.45, 2.75) is 96.6 Å². The summed E-state index contributed by atoms with van der Waals surface area (Å²) in [5.41, 5.74) is 0.236. The summed E-state index contributed by atoms with van der Waals surface area (Å²) in [6.45, 7) is 5.08. The average Bonchev–Trinajstić information content (AvgIpc) is 3.45. The van der Waals surface area contributed by atoms with Crippen molar-refractivity contribution < 1.29 is 32.5 Å². The predicted octanol–water partition coefficient (Wildman–Crippen LogP) is 6.33. The monoisotopic (exact) mass is 577 g/mol. The highest BCUT2D eigenvalue weighted by Gasteiger charge is 2.62. The fourth-order valence-corrected chi connectivity index (χ4v) is 10.0. The van der Waals surface area contributed by atoms with Crippen LogP contribution in [0.15, 0.2) is 18.2 Å². The van der Waals surface area contributed by atoms with Crippen molar-refractivity contribution in [2.75, 3.05) is 13.7 Å². The molecule has 1 N–H and O–H groups in total. The molecule has 1 aromatic heterocycles. The van der Waals surface area contributed by atoms with Gasteiger partial charge in [0.25, 0.3) is 0 Å². The molecule has 226 valence electrons. The van der Waals surface area contributed by atoms with Gasteiger partial charge in [-0.1, -0.05) is 6.92 Å². The molecule has 8 atom stereocenters. The van der Waals surface area contributed by atoms with Gasteiger partial charge in [-0.05, 0) is 118 Å². The van der Waals surface area contributed by atoms with E-state index in [1.807, 2.05) is 6.92 Å². The summed E-state index contributed by atoms with van der Waals surface area (Å²) in [4.78, 5) is 15.1. The number of methoxy groups -OCH3 is 1. The van der Waals surface area contributed by atoms with Gasteiger partial charge in [0.05, 0.1) is 5.60 Å². The number of aromatic nitrogens is 3. The van der Waals surface area contributed by atoms with Gasteiger partial charge in [-0.2, -0.15) is 15.0 Å². The average molecular weight is 578 g/mol. The molecular weight excluding hydrogens is 535 g/mol. The van der Waals surface area contributed by atoms with Gasteiger partial charge < -0.3 is 14.6 Å². The molecule has 0 spiro atoms. The number of ketones is 1. The van der Waals surface area contributed by atoms with Crippen LogP contribution >= 0.6 is 0 Å². The third kappa shape index (κ3) is 5.17. The maximum absolute atomic E-state index is 13.8. The van der Waals surface area contributed by atoms with Crippen LogP contribution in [0.3, 0.4) is 0 Å². The summed E-state index contributed by atoms with van der Waals surface area (Å²) in [5, 5.41) is 19.6. The predicted molar refractivity (Wildman–Crippen MR) is 146 cm³/mol. The van der Waals surface area contributed by atoms with E-state index in [2.05, 4.69) is 21.9 Å². The first-order valence-corrected chi connectivity index (χ1v) is 15.2. The highest BCUT2D eigenvalue weighted by Crippen LogP contribution is 2.69. The van der Waals surface area contributed by atoms with E-state index in [0.717, 1.165) is 70.8 Å². The van der Waals surface area contributed by atoms with Crippen LogP contribution in [0.4, 0.5) is 13.2 Å². The molecule has 1 aromatic carbocycles. The standard InChI is InChI=1S/C31H42F3N3O4/c1-28(39)12-13-30(14-15-40-3)19(17-28)4-6-21-22-7-8-24(29(22,2)11-10-23(21)30)27(38)18-37-35-25-9-5-20(16-26(25)36-37)41-31(32,33)34/h5,9,16,19,21-24,39H,4,6-8,10-15,17-18H2,1-3H3/t19-,21+,22+,23+,24-,28-,29+,30-/m1/s1. The molecule has 41 heavy (non-hydrogen) atoms. The molecule has 6 rings (SSSR count). The molecule has 1 heterocycles. The summed E-state index contributed by atoms with van der Waals surface area (Å²) in [5.74, 6) is 1.87. The molecule has 0 amide bonds. The van der Waals surface area contributed by atoms with Crippen LogP contribution in [0, 0.1) is 40.4 Å². The van der Waals surface area contributed by atoms with E-state index >= 15 is 0 Å². The van der Waals surface area contributed by atoms with Gasteiger partial charge in [0.2, 0.25) is 0 Å². The first kappa shape index (κ1) is 28.9. The Hall–Kier alpha value is -2.20. The van der Waals surface area contributed by atoms with E-state index in [9.17, 15) is 23.1 Å². The molecule has 4 aliphatic rings. The number of alkyl halides is 3. The largest absolute Gasteiger partial charge is 0.573 e. The summed E-state index contributed by atoms with van der Waals surface area (Å²) in [6.07, 6.45) is 5.35. The van der Waals surface area contributed by atoms with Crippen molar-refractivity contribution in [3.8, 4) is 5.75 Å². The van der Waals surface area contributed by atoms with Gasteiger partial charge in [0, 0.05) is 25.7 Å². The third-order valence-corrected chi connectivity index (χ3v) is 11.7. The molecule has 0 bridgehead atoms. The van der Waals surface area contributed by atoms with Gasteiger partial charge in [-0.25, -0.2) is 0 Å². The molecule has 4 saturated carbocycles. The number of hydrogen-bond donors (Lipinski definition) is 1. The van der Waals surface area contributed by atoms with Crippen molar-refractivity contribution in [1.29, 1.82) is 0 Å². The zero-order valence-corrected chi connectivity index (χ0v) is 24.3. The molecule has 0 radical (unpaired) electrons. The molecule has 7 nitrogen and oxygen atoms in total. The molecule has 0 aliphatic heterocycles. The van der Waals surface area contributed by atoms with Crippen molar-refractivity contribution in [1.82, 2.24) is 15.0 Å². The first-order valence-electron chi connectivity index (χ1n) is 15.2. The number of benzene rings is 1. The summed E-state index contributed by atoms with van der Waals surface area (Å²) < 4.78 is 47.5. The fraction of sp³-hybridized carbons (Fsp3) is 0.774. The zero-order valence-electron chi connectivity index (χ0n) is 24.3. The Labute approximate surface area is 239 Å². The number of carbonyl (C=O) groups excluding carboxylic acids is 1. The highest BCUT2D eigenvalue weighted by molar-refractivity contribution is 5.82. The number of rotatable bonds is 7. The Morgan fingerprint density at radius 3 is 2.59 bits per heavy atom. The molecule has 2 aromatic rings. The lowest BCUT2D eigenvalue weighted by Crippen LogP contribution is -2.57. The Morgan fingerprint density at radius 1 is 1.05 bits per heavy atom. The topological polar surface area (TPSA) is 86.5 Å². The molecule has 0 unspecified atom stereocenters. The summed E-state index contributed by atoms with van der Waals surface area (Å²) >= 11 is 0.